The van der Waals surface area contributed by atoms with Gasteiger partial charge in [-0.2, -0.15) is 0 Å². The number of aromatic nitrogens is 1. The number of hydrogen-bond donors (Lipinski definition) is 2. The third kappa shape index (κ3) is 4.33. The number of nitrogens with zero attached hydrogens (tertiary/aromatic N) is 1. The van der Waals surface area contributed by atoms with Gasteiger partial charge in [0.25, 0.3) is 0 Å². The minimum absolute atomic E-state index is 0.0288. The van der Waals surface area contributed by atoms with Gasteiger partial charge in [-0.15, -0.1) is 0 Å². The lowest BCUT2D eigenvalue weighted by atomic mass is 9.91. The van der Waals surface area contributed by atoms with E-state index in [2.05, 4.69) is 5.32 Å². The Morgan fingerprint density at radius 1 is 1.20 bits per heavy atom. The Morgan fingerprint density at radius 3 is 2.70 bits per heavy atom. The van der Waals surface area contributed by atoms with Gasteiger partial charge in [0.1, 0.15) is 12.4 Å². The van der Waals surface area contributed by atoms with E-state index in [1.165, 1.54) is 12.1 Å². The van der Waals surface area contributed by atoms with Crippen molar-refractivity contribution in [3.63, 3.8) is 0 Å². The maximum absolute atomic E-state index is 13.9. The zero-order valence-electron chi connectivity index (χ0n) is 16.3. The monoisotopic (exact) mass is 428 g/mol. The quantitative estimate of drug-likeness (QED) is 0.620. The highest BCUT2D eigenvalue weighted by atomic mass is 35.5. The average Bonchev–Trinajstić information content (AvgIpc) is 2.99. The molecule has 0 saturated carbocycles. The molecule has 5 nitrogen and oxygen atoms in total. The number of carbonyl (C=O) groups is 2. The van der Waals surface area contributed by atoms with E-state index in [1.54, 1.807) is 10.6 Å². The van der Waals surface area contributed by atoms with Crippen molar-refractivity contribution >= 4 is 34.4 Å². The Labute approximate surface area is 178 Å². The number of halogens is 2. The molecule has 30 heavy (non-hydrogen) atoms. The minimum Gasteiger partial charge on any atom is -0.480 e. The van der Waals surface area contributed by atoms with E-state index >= 15 is 0 Å². The van der Waals surface area contributed by atoms with Gasteiger partial charge in [0.05, 0.1) is 0 Å². The first kappa shape index (κ1) is 20.4. The molecule has 1 heterocycles. The molecule has 1 amide bonds. The number of benzene rings is 2. The third-order valence-corrected chi connectivity index (χ3v) is 5.89. The summed E-state index contributed by atoms with van der Waals surface area (Å²) in [5.74, 6) is -1.32. The number of carboxylic acids is 1. The molecule has 0 fully saturated rings. The van der Waals surface area contributed by atoms with Crippen LogP contribution in [0.1, 0.15) is 29.7 Å². The Morgan fingerprint density at radius 2 is 1.97 bits per heavy atom. The van der Waals surface area contributed by atoms with Crippen LogP contribution in [0.25, 0.3) is 10.9 Å². The van der Waals surface area contributed by atoms with Crippen molar-refractivity contribution in [1.29, 1.82) is 0 Å². The van der Waals surface area contributed by atoms with Crippen LogP contribution in [-0.2, 0) is 35.4 Å². The topological polar surface area (TPSA) is 71.3 Å². The van der Waals surface area contributed by atoms with Crippen LogP contribution in [0, 0.1) is 5.82 Å². The highest BCUT2D eigenvalue weighted by Crippen LogP contribution is 2.33. The molecule has 1 aromatic heterocycles. The summed E-state index contributed by atoms with van der Waals surface area (Å²) in [5.41, 5.74) is 3.62. The van der Waals surface area contributed by atoms with Crippen LogP contribution in [0.2, 0.25) is 5.02 Å². The van der Waals surface area contributed by atoms with Crippen LogP contribution >= 0.6 is 11.6 Å². The largest absolute Gasteiger partial charge is 0.480 e. The maximum atomic E-state index is 13.9. The smallest absolute Gasteiger partial charge is 0.323 e. The van der Waals surface area contributed by atoms with Crippen LogP contribution in [0.15, 0.2) is 42.5 Å². The number of carbonyl (C=O) groups excluding carboxylic acids is 1. The van der Waals surface area contributed by atoms with Gasteiger partial charge in [0, 0.05) is 34.1 Å². The number of carboxylic acid groups (broad SMARTS) is 1. The second-order valence-electron chi connectivity index (χ2n) is 7.70. The lowest BCUT2D eigenvalue weighted by Crippen LogP contribution is -2.39. The van der Waals surface area contributed by atoms with Crippen molar-refractivity contribution in [2.75, 3.05) is 0 Å². The summed E-state index contributed by atoms with van der Waals surface area (Å²) in [5, 5.41) is 13.8. The SMILES string of the molecule is O=C(O)Cn1c2c(c3cc(F)ccc31)C[C@@H](NC(=O)CCc1ccc(Cl)cc1)CC2. The molecule has 7 heteroatoms. The standard InChI is InChI=1S/C23H22ClFN2O3/c24-15-4-1-14(2-5-15)3-10-22(28)26-17-7-9-21-19(12-17)18-11-16(25)6-8-20(18)27(21)13-23(29)30/h1-2,4-6,8,11,17H,3,7,9-10,12-13H2,(H,26,28)(H,29,30)/t17-/m0/s1. The van der Waals surface area contributed by atoms with Gasteiger partial charge in [-0.25, -0.2) is 4.39 Å². The molecule has 0 saturated heterocycles. The minimum atomic E-state index is -0.934. The van der Waals surface area contributed by atoms with Crippen LogP contribution in [-0.4, -0.2) is 27.6 Å². The molecule has 0 spiro atoms. The van der Waals surface area contributed by atoms with Crippen LogP contribution in [0.5, 0.6) is 0 Å². The molecular weight excluding hydrogens is 407 g/mol. The average molecular weight is 429 g/mol. The number of fused-ring (bicyclic) bond motifs is 3. The molecule has 0 unspecified atom stereocenters. The summed E-state index contributed by atoms with van der Waals surface area (Å²) < 4.78 is 15.6. The number of aliphatic carboxylic acids is 1. The summed E-state index contributed by atoms with van der Waals surface area (Å²) in [4.78, 5) is 23.8. The Balaban J connectivity index is 1.48. The fourth-order valence-electron chi connectivity index (χ4n) is 4.27. The third-order valence-electron chi connectivity index (χ3n) is 5.64. The summed E-state index contributed by atoms with van der Waals surface area (Å²) in [7, 11) is 0. The molecule has 1 aliphatic rings. The van der Waals surface area contributed by atoms with Crippen molar-refractivity contribution in [3.05, 3.63) is 70.1 Å². The molecular formula is C23H22ClFN2O3. The molecule has 1 aliphatic carbocycles. The lowest BCUT2D eigenvalue weighted by Gasteiger charge is -2.25. The number of rotatable bonds is 6. The molecule has 4 rings (SSSR count). The van der Waals surface area contributed by atoms with E-state index in [9.17, 15) is 19.1 Å². The molecule has 3 aromatic rings. The van der Waals surface area contributed by atoms with E-state index in [0.717, 1.165) is 34.1 Å². The highest BCUT2D eigenvalue weighted by molar-refractivity contribution is 6.30. The lowest BCUT2D eigenvalue weighted by molar-refractivity contribution is -0.137. The van der Waals surface area contributed by atoms with E-state index < -0.39 is 5.97 Å². The predicted molar refractivity (Wildman–Crippen MR) is 113 cm³/mol. The van der Waals surface area contributed by atoms with Gasteiger partial charge in [-0.05, 0) is 67.1 Å². The number of hydrogen-bond acceptors (Lipinski definition) is 2. The van der Waals surface area contributed by atoms with Crippen LogP contribution in [0.4, 0.5) is 4.39 Å². The number of amides is 1. The maximum Gasteiger partial charge on any atom is 0.323 e. The van der Waals surface area contributed by atoms with Gasteiger partial charge in [-0.1, -0.05) is 23.7 Å². The van der Waals surface area contributed by atoms with Gasteiger partial charge in [0.2, 0.25) is 5.91 Å². The van der Waals surface area contributed by atoms with Gasteiger partial charge < -0.3 is 15.0 Å². The first-order valence-corrected chi connectivity index (χ1v) is 10.3. The van der Waals surface area contributed by atoms with E-state index in [4.69, 9.17) is 11.6 Å². The van der Waals surface area contributed by atoms with Crippen molar-refractivity contribution in [2.45, 2.75) is 44.7 Å². The van der Waals surface area contributed by atoms with E-state index in [1.807, 2.05) is 24.3 Å². The molecule has 1 atom stereocenters. The predicted octanol–water partition coefficient (Wildman–Crippen LogP) is 4.12. The van der Waals surface area contributed by atoms with Gasteiger partial charge in [0.15, 0.2) is 0 Å². The zero-order chi connectivity index (χ0) is 21.3. The first-order chi connectivity index (χ1) is 14.4. The second kappa shape index (κ2) is 8.48. The molecule has 0 bridgehead atoms. The second-order valence-corrected chi connectivity index (χ2v) is 8.14. The molecule has 156 valence electrons. The van der Waals surface area contributed by atoms with Crippen molar-refractivity contribution in [2.24, 2.45) is 0 Å². The van der Waals surface area contributed by atoms with E-state index in [0.29, 0.717) is 30.7 Å². The number of aryl methyl sites for hydroxylation is 1. The van der Waals surface area contributed by atoms with Crippen molar-refractivity contribution < 1.29 is 19.1 Å². The van der Waals surface area contributed by atoms with Gasteiger partial charge in [-0.3, -0.25) is 9.59 Å². The van der Waals surface area contributed by atoms with Crippen molar-refractivity contribution in [1.82, 2.24) is 9.88 Å². The van der Waals surface area contributed by atoms with Crippen LogP contribution in [0.3, 0.4) is 0 Å². The van der Waals surface area contributed by atoms with Gasteiger partial charge >= 0.3 is 5.97 Å². The Hall–Kier alpha value is -2.86. The van der Waals surface area contributed by atoms with Crippen LogP contribution < -0.4 is 5.32 Å². The fourth-order valence-corrected chi connectivity index (χ4v) is 4.40. The molecule has 2 N–H and O–H groups in total. The zero-order valence-corrected chi connectivity index (χ0v) is 17.1. The molecule has 0 radical (unpaired) electrons. The Kier molecular flexibility index (Phi) is 5.77. The molecule has 0 aliphatic heterocycles. The first-order valence-electron chi connectivity index (χ1n) is 9.96. The summed E-state index contributed by atoms with van der Waals surface area (Å²) in [6, 6.07) is 11.8. The summed E-state index contributed by atoms with van der Waals surface area (Å²) >= 11 is 5.89. The van der Waals surface area contributed by atoms with Crippen molar-refractivity contribution in [3.8, 4) is 0 Å². The summed E-state index contributed by atoms with van der Waals surface area (Å²) in [6.45, 7) is -0.157. The normalized spacial score (nSPS) is 15.7. The fraction of sp³-hybridized carbons (Fsp3) is 0.304. The molecule has 2 aromatic carbocycles. The highest BCUT2D eigenvalue weighted by Gasteiger charge is 2.27. The number of nitrogens with one attached hydrogen (secondary N) is 1. The Bertz CT molecular complexity index is 1110. The van der Waals surface area contributed by atoms with E-state index in [-0.39, 0.29) is 24.3 Å². The summed E-state index contributed by atoms with van der Waals surface area (Å²) in [6.07, 6.45) is 2.93.